The van der Waals surface area contributed by atoms with Crippen molar-refractivity contribution in [1.29, 1.82) is 0 Å². The smallest absolute Gasteiger partial charge is 0.0696 e. The van der Waals surface area contributed by atoms with Gasteiger partial charge in [0.25, 0.3) is 0 Å². The number of benzene rings is 1. The van der Waals surface area contributed by atoms with Gasteiger partial charge in [0.1, 0.15) is 0 Å². The number of rotatable bonds is 6. The van der Waals surface area contributed by atoms with Crippen LogP contribution in [-0.2, 0) is 11.3 Å². The first kappa shape index (κ1) is 15.1. The van der Waals surface area contributed by atoms with E-state index in [9.17, 15) is 0 Å². The number of hydrogen-bond acceptors (Lipinski definition) is 2. The number of halogens is 3. The summed E-state index contributed by atoms with van der Waals surface area (Å²) in [5.74, 6) is 0. The van der Waals surface area contributed by atoms with Crippen molar-refractivity contribution in [2.45, 2.75) is 11.9 Å². The standard InChI is InChI=1S/C12H16Cl3NO/c1-16(7-10(13)8-17-2)6-9-4-3-5-11(14)12(9)15/h3-5,10H,6-8H2,1-2H3. The van der Waals surface area contributed by atoms with Crippen molar-refractivity contribution in [1.82, 2.24) is 4.90 Å². The van der Waals surface area contributed by atoms with Crippen LogP contribution in [0.1, 0.15) is 5.56 Å². The highest BCUT2D eigenvalue weighted by Crippen LogP contribution is 2.26. The maximum Gasteiger partial charge on any atom is 0.0696 e. The van der Waals surface area contributed by atoms with Crippen molar-refractivity contribution in [3.05, 3.63) is 33.8 Å². The second-order valence-corrected chi connectivity index (χ2v) is 5.36. The molecule has 0 bridgehead atoms. The summed E-state index contributed by atoms with van der Waals surface area (Å²) in [5.41, 5.74) is 1.00. The second kappa shape index (κ2) is 7.45. The van der Waals surface area contributed by atoms with Gasteiger partial charge in [0, 0.05) is 20.2 Å². The summed E-state index contributed by atoms with van der Waals surface area (Å²) in [5, 5.41) is 1.17. The maximum atomic E-state index is 6.12. The molecule has 1 rings (SSSR count). The number of ether oxygens (including phenoxy) is 1. The van der Waals surface area contributed by atoms with Crippen LogP contribution in [0, 0.1) is 0 Å². The first-order chi connectivity index (χ1) is 8.04. The molecule has 0 aliphatic carbocycles. The van der Waals surface area contributed by atoms with E-state index in [0.29, 0.717) is 23.2 Å². The summed E-state index contributed by atoms with van der Waals surface area (Å²) in [6.45, 7) is 1.99. The minimum atomic E-state index is -0.0250. The monoisotopic (exact) mass is 295 g/mol. The van der Waals surface area contributed by atoms with Crippen LogP contribution in [0.5, 0.6) is 0 Å². The molecular formula is C12H16Cl3NO. The van der Waals surface area contributed by atoms with Gasteiger partial charge in [-0.1, -0.05) is 35.3 Å². The molecule has 0 radical (unpaired) electrons. The van der Waals surface area contributed by atoms with E-state index in [1.807, 2.05) is 19.2 Å². The van der Waals surface area contributed by atoms with Crippen LogP contribution in [-0.4, -0.2) is 37.6 Å². The molecule has 0 saturated heterocycles. The average molecular weight is 297 g/mol. The maximum absolute atomic E-state index is 6.12. The molecule has 0 fully saturated rings. The third-order valence-electron chi connectivity index (χ3n) is 2.33. The van der Waals surface area contributed by atoms with E-state index in [2.05, 4.69) is 4.90 Å². The molecule has 0 aromatic heterocycles. The lowest BCUT2D eigenvalue weighted by Gasteiger charge is -2.20. The molecule has 0 amide bonds. The van der Waals surface area contributed by atoms with Gasteiger partial charge in [-0.2, -0.15) is 0 Å². The van der Waals surface area contributed by atoms with Crippen molar-refractivity contribution in [3.63, 3.8) is 0 Å². The quantitative estimate of drug-likeness (QED) is 0.743. The molecule has 1 unspecified atom stereocenters. The van der Waals surface area contributed by atoms with Crippen molar-refractivity contribution in [3.8, 4) is 0 Å². The van der Waals surface area contributed by atoms with E-state index < -0.39 is 0 Å². The molecular weight excluding hydrogens is 280 g/mol. The summed E-state index contributed by atoms with van der Waals surface area (Å²) < 4.78 is 4.99. The zero-order chi connectivity index (χ0) is 12.8. The Morgan fingerprint density at radius 2 is 2.06 bits per heavy atom. The summed E-state index contributed by atoms with van der Waals surface area (Å²) in [7, 11) is 3.63. The van der Waals surface area contributed by atoms with Crippen LogP contribution < -0.4 is 0 Å². The number of hydrogen-bond donors (Lipinski definition) is 0. The largest absolute Gasteiger partial charge is 0.383 e. The molecule has 0 spiro atoms. The molecule has 17 heavy (non-hydrogen) atoms. The third-order valence-corrected chi connectivity index (χ3v) is 3.45. The van der Waals surface area contributed by atoms with Crippen molar-refractivity contribution >= 4 is 34.8 Å². The van der Waals surface area contributed by atoms with Gasteiger partial charge in [0.15, 0.2) is 0 Å². The van der Waals surface area contributed by atoms with E-state index in [4.69, 9.17) is 39.5 Å². The zero-order valence-corrected chi connectivity index (χ0v) is 12.2. The second-order valence-electron chi connectivity index (χ2n) is 3.96. The average Bonchev–Trinajstić information content (AvgIpc) is 2.25. The van der Waals surface area contributed by atoms with Crippen molar-refractivity contribution in [2.75, 3.05) is 27.3 Å². The fraction of sp³-hybridized carbons (Fsp3) is 0.500. The SMILES string of the molecule is COCC(Cl)CN(C)Cc1cccc(Cl)c1Cl. The number of methoxy groups -OCH3 is 1. The molecule has 0 N–H and O–H groups in total. The summed E-state index contributed by atoms with van der Waals surface area (Å²) in [6.07, 6.45) is 0. The fourth-order valence-corrected chi connectivity index (χ4v) is 2.34. The molecule has 0 aliphatic heterocycles. The Kier molecular flexibility index (Phi) is 6.60. The molecule has 1 aromatic rings. The Balaban J connectivity index is 2.56. The van der Waals surface area contributed by atoms with Crippen molar-refractivity contribution < 1.29 is 4.74 Å². The zero-order valence-electron chi connectivity index (χ0n) is 9.92. The summed E-state index contributed by atoms with van der Waals surface area (Å²) in [6, 6.07) is 5.64. The molecule has 1 aromatic carbocycles. The number of nitrogens with zero attached hydrogens (tertiary/aromatic N) is 1. The van der Waals surface area contributed by atoms with Gasteiger partial charge >= 0.3 is 0 Å². The van der Waals surface area contributed by atoms with Gasteiger partial charge in [-0.3, -0.25) is 0 Å². The van der Waals surface area contributed by atoms with Crippen LogP contribution in [0.15, 0.2) is 18.2 Å². The third kappa shape index (κ3) is 5.02. The van der Waals surface area contributed by atoms with Crippen LogP contribution >= 0.6 is 34.8 Å². The molecule has 0 aliphatic rings. The van der Waals surface area contributed by atoms with Gasteiger partial charge < -0.3 is 9.64 Å². The highest BCUT2D eigenvalue weighted by Gasteiger charge is 2.11. The van der Waals surface area contributed by atoms with E-state index in [-0.39, 0.29) is 5.38 Å². The molecule has 96 valence electrons. The lowest BCUT2D eigenvalue weighted by molar-refractivity contribution is 0.181. The van der Waals surface area contributed by atoms with E-state index >= 15 is 0 Å². The lowest BCUT2D eigenvalue weighted by atomic mass is 10.2. The van der Waals surface area contributed by atoms with Gasteiger partial charge in [-0.25, -0.2) is 0 Å². The Labute approximate surface area is 117 Å². The Morgan fingerprint density at radius 1 is 1.35 bits per heavy atom. The number of alkyl halides is 1. The molecule has 5 heteroatoms. The van der Waals surface area contributed by atoms with Gasteiger partial charge in [0.2, 0.25) is 0 Å². The minimum absolute atomic E-state index is 0.0250. The molecule has 2 nitrogen and oxygen atoms in total. The highest BCUT2D eigenvalue weighted by atomic mass is 35.5. The van der Waals surface area contributed by atoms with Crippen LogP contribution in [0.3, 0.4) is 0 Å². The predicted molar refractivity (Wildman–Crippen MR) is 74.3 cm³/mol. The molecule has 0 saturated carbocycles. The van der Waals surface area contributed by atoms with Crippen LogP contribution in [0.4, 0.5) is 0 Å². The topological polar surface area (TPSA) is 12.5 Å². The van der Waals surface area contributed by atoms with Gasteiger partial charge in [-0.05, 0) is 18.7 Å². The Morgan fingerprint density at radius 3 is 2.71 bits per heavy atom. The first-order valence-electron chi connectivity index (χ1n) is 5.29. The van der Waals surface area contributed by atoms with E-state index in [1.165, 1.54) is 0 Å². The van der Waals surface area contributed by atoms with E-state index in [1.54, 1.807) is 13.2 Å². The van der Waals surface area contributed by atoms with Crippen LogP contribution in [0.25, 0.3) is 0 Å². The van der Waals surface area contributed by atoms with Gasteiger partial charge in [0.05, 0.1) is 22.0 Å². The summed E-state index contributed by atoms with van der Waals surface area (Å²) in [4.78, 5) is 2.09. The molecule has 1 atom stereocenters. The van der Waals surface area contributed by atoms with Gasteiger partial charge in [-0.15, -0.1) is 11.6 Å². The van der Waals surface area contributed by atoms with E-state index in [0.717, 1.165) is 12.1 Å². The summed E-state index contributed by atoms with van der Waals surface area (Å²) >= 11 is 18.2. The minimum Gasteiger partial charge on any atom is -0.383 e. The van der Waals surface area contributed by atoms with Crippen molar-refractivity contribution in [2.24, 2.45) is 0 Å². The Bertz CT molecular complexity index is 360. The Hall–Kier alpha value is 0.01000. The van der Waals surface area contributed by atoms with Crippen LogP contribution in [0.2, 0.25) is 10.0 Å². The highest BCUT2D eigenvalue weighted by molar-refractivity contribution is 6.42. The first-order valence-corrected chi connectivity index (χ1v) is 6.48. The lowest BCUT2D eigenvalue weighted by Crippen LogP contribution is -2.28. The fourth-order valence-electron chi connectivity index (χ4n) is 1.60. The predicted octanol–water partition coefficient (Wildman–Crippen LogP) is 3.68. The normalized spacial score (nSPS) is 13.1. The molecule has 0 heterocycles.